The molecule has 1 aliphatic heterocycles. The first-order chi connectivity index (χ1) is 7.36. The summed E-state index contributed by atoms with van der Waals surface area (Å²) in [4.78, 5) is 2.68. The molecule has 2 fully saturated rings. The predicted octanol–water partition coefficient (Wildman–Crippen LogP) is 1.96. The Morgan fingerprint density at radius 1 is 1.33 bits per heavy atom. The van der Waals surface area contributed by atoms with Gasteiger partial charge in [-0.25, -0.2) is 0 Å². The minimum Gasteiger partial charge on any atom is -0.314 e. The highest BCUT2D eigenvalue weighted by atomic mass is 32.2. The normalized spacial score (nSPS) is 26.2. The van der Waals surface area contributed by atoms with Crippen LogP contribution in [0.2, 0.25) is 0 Å². The molecule has 2 rings (SSSR count). The van der Waals surface area contributed by atoms with Gasteiger partial charge in [0, 0.05) is 24.4 Å². The van der Waals surface area contributed by atoms with Gasteiger partial charge < -0.3 is 5.32 Å². The fourth-order valence-electron chi connectivity index (χ4n) is 2.17. The molecule has 88 valence electrons. The zero-order valence-corrected chi connectivity index (χ0v) is 10.7. The van der Waals surface area contributed by atoms with E-state index in [0.717, 1.165) is 12.1 Å². The van der Waals surface area contributed by atoms with Crippen LogP contribution in [-0.2, 0) is 0 Å². The van der Waals surface area contributed by atoms with E-state index < -0.39 is 0 Å². The van der Waals surface area contributed by atoms with Crippen molar-refractivity contribution in [2.24, 2.45) is 0 Å². The number of rotatable bonds is 5. The van der Waals surface area contributed by atoms with E-state index in [2.05, 4.69) is 28.9 Å². The smallest absolute Gasteiger partial charge is 0.00793 e. The molecule has 1 atom stereocenters. The average Bonchev–Trinajstić information content (AvgIpc) is 3.04. The van der Waals surface area contributed by atoms with Gasteiger partial charge in [-0.2, -0.15) is 11.8 Å². The van der Waals surface area contributed by atoms with Crippen LogP contribution in [0.5, 0.6) is 0 Å². The average molecular weight is 228 g/mol. The van der Waals surface area contributed by atoms with E-state index in [4.69, 9.17) is 0 Å². The molecule has 1 unspecified atom stereocenters. The molecule has 1 saturated heterocycles. The monoisotopic (exact) mass is 228 g/mol. The van der Waals surface area contributed by atoms with E-state index in [1.807, 2.05) is 0 Å². The first-order valence-electron chi connectivity index (χ1n) is 6.41. The summed E-state index contributed by atoms with van der Waals surface area (Å²) < 4.78 is 0. The van der Waals surface area contributed by atoms with E-state index in [9.17, 15) is 0 Å². The van der Waals surface area contributed by atoms with Crippen LogP contribution < -0.4 is 5.32 Å². The van der Waals surface area contributed by atoms with Gasteiger partial charge in [0.15, 0.2) is 0 Å². The minimum atomic E-state index is 0.773. The Morgan fingerprint density at radius 2 is 2.20 bits per heavy atom. The van der Waals surface area contributed by atoms with Gasteiger partial charge in [-0.15, -0.1) is 0 Å². The van der Waals surface area contributed by atoms with Crippen molar-refractivity contribution in [2.45, 2.75) is 44.7 Å². The van der Waals surface area contributed by atoms with Crippen LogP contribution >= 0.6 is 11.8 Å². The molecule has 3 heteroatoms. The first kappa shape index (κ1) is 11.7. The number of hydrogen-bond donors (Lipinski definition) is 1. The molecule has 1 heterocycles. The Kier molecular flexibility index (Phi) is 4.79. The summed E-state index contributed by atoms with van der Waals surface area (Å²) in [6, 6.07) is 1.65. The third-order valence-corrected chi connectivity index (χ3v) is 4.50. The summed E-state index contributed by atoms with van der Waals surface area (Å²) >= 11 is 2.12. The second kappa shape index (κ2) is 6.12. The molecule has 0 spiro atoms. The Bertz CT molecular complexity index is 174. The van der Waals surface area contributed by atoms with E-state index in [1.165, 1.54) is 56.8 Å². The van der Waals surface area contributed by atoms with Crippen molar-refractivity contribution in [1.82, 2.24) is 10.2 Å². The summed E-state index contributed by atoms with van der Waals surface area (Å²) in [6.45, 7) is 6.23. The highest BCUT2D eigenvalue weighted by Gasteiger charge is 2.21. The maximum atomic E-state index is 3.61. The van der Waals surface area contributed by atoms with Crippen molar-refractivity contribution in [1.29, 1.82) is 0 Å². The van der Waals surface area contributed by atoms with Crippen molar-refractivity contribution in [2.75, 3.05) is 31.1 Å². The molecule has 1 aliphatic carbocycles. The van der Waals surface area contributed by atoms with Crippen LogP contribution in [0.4, 0.5) is 0 Å². The maximum absolute atomic E-state index is 3.61. The van der Waals surface area contributed by atoms with Crippen molar-refractivity contribution >= 4 is 11.8 Å². The third-order valence-electron chi connectivity index (χ3n) is 3.45. The van der Waals surface area contributed by atoms with Crippen LogP contribution in [0.3, 0.4) is 0 Å². The van der Waals surface area contributed by atoms with Crippen LogP contribution in [0.15, 0.2) is 0 Å². The van der Waals surface area contributed by atoms with Crippen molar-refractivity contribution in [3.05, 3.63) is 0 Å². The molecule has 0 aromatic carbocycles. The molecular weight excluding hydrogens is 204 g/mol. The van der Waals surface area contributed by atoms with E-state index >= 15 is 0 Å². The van der Waals surface area contributed by atoms with Gasteiger partial charge in [0.1, 0.15) is 0 Å². The Labute approximate surface area is 98.2 Å². The van der Waals surface area contributed by atoms with Gasteiger partial charge in [0.25, 0.3) is 0 Å². The lowest BCUT2D eigenvalue weighted by atomic mass is 10.2. The minimum absolute atomic E-state index is 0.773. The summed E-state index contributed by atoms with van der Waals surface area (Å²) in [7, 11) is 0. The second-order valence-corrected chi connectivity index (χ2v) is 6.09. The molecule has 0 bridgehead atoms. The summed E-state index contributed by atoms with van der Waals surface area (Å²) in [6.07, 6.45) is 5.52. The van der Waals surface area contributed by atoms with Gasteiger partial charge in [-0.05, 0) is 51.4 Å². The molecular formula is C12H24N2S. The fraction of sp³-hybridized carbons (Fsp3) is 1.00. The summed E-state index contributed by atoms with van der Waals surface area (Å²) in [5.74, 6) is 2.70. The number of nitrogens with zero attached hydrogens (tertiary/aromatic N) is 1. The van der Waals surface area contributed by atoms with Crippen molar-refractivity contribution in [3.63, 3.8) is 0 Å². The second-order valence-electron chi connectivity index (χ2n) is 4.87. The van der Waals surface area contributed by atoms with E-state index in [-0.39, 0.29) is 0 Å². The highest BCUT2D eigenvalue weighted by Crippen LogP contribution is 2.19. The number of hydrogen-bond acceptors (Lipinski definition) is 3. The standard InChI is InChI=1S/C12H24N2S/c1-11(5-6-13-12-3-4-12)14-7-2-9-15-10-8-14/h11-13H,2-10H2,1H3. The molecule has 2 nitrogen and oxygen atoms in total. The van der Waals surface area contributed by atoms with Crippen molar-refractivity contribution < 1.29 is 0 Å². The van der Waals surface area contributed by atoms with Crippen LogP contribution in [0.25, 0.3) is 0 Å². The molecule has 0 amide bonds. The highest BCUT2D eigenvalue weighted by molar-refractivity contribution is 7.99. The van der Waals surface area contributed by atoms with Crippen LogP contribution in [0, 0.1) is 0 Å². The van der Waals surface area contributed by atoms with Gasteiger partial charge in [-0.1, -0.05) is 0 Å². The molecule has 1 saturated carbocycles. The molecule has 2 aliphatic rings. The van der Waals surface area contributed by atoms with E-state index in [1.54, 1.807) is 0 Å². The zero-order valence-electron chi connectivity index (χ0n) is 9.87. The first-order valence-corrected chi connectivity index (χ1v) is 7.57. The number of thioether (sulfide) groups is 1. The number of nitrogens with one attached hydrogen (secondary N) is 1. The summed E-state index contributed by atoms with van der Waals surface area (Å²) in [5, 5.41) is 3.61. The maximum Gasteiger partial charge on any atom is 0.00793 e. The fourth-order valence-corrected chi connectivity index (χ4v) is 3.07. The lowest BCUT2D eigenvalue weighted by Crippen LogP contribution is -2.37. The molecule has 15 heavy (non-hydrogen) atoms. The van der Waals surface area contributed by atoms with Gasteiger partial charge in [0.2, 0.25) is 0 Å². The van der Waals surface area contributed by atoms with E-state index in [0.29, 0.717) is 0 Å². The molecule has 1 N–H and O–H groups in total. The summed E-state index contributed by atoms with van der Waals surface area (Å²) in [5.41, 5.74) is 0. The van der Waals surface area contributed by atoms with Crippen LogP contribution in [-0.4, -0.2) is 48.1 Å². The lowest BCUT2D eigenvalue weighted by Gasteiger charge is -2.27. The molecule has 0 aromatic rings. The quantitative estimate of drug-likeness (QED) is 0.774. The Balaban J connectivity index is 1.61. The molecule has 0 aromatic heterocycles. The Hall–Kier alpha value is 0.270. The zero-order chi connectivity index (χ0) is 10.5. The third kappa shape index (κ3) is 4.33. The SMILES string of the molecule is CC(CCNC1CC1)N1CCCSCC1. The topological polar surface area (TPSA) is 15.3 Å². The van der Waals surface area contributed by atoms with Crippen molar-refractivity contribution in [3.8, 4) is 0 Å². The molecule has 0 radical (unpaired) electrons. The van der Waals surface area contributed by atoms with Gasteiger partial charge in [0.05, 0.1) is 0 Å². The van der Waals surface area contributed by atoms with Gasteiger partial charge >= 0.3 is 0 Å². The largest absolute Gasteiger partial charge is 0.314 e. The predicted molar refractivity (Wildman–Crippen MR) is 68.6 cm³/mol. The Morgan fingerprint density at radius 3 is 3.00 bits per heavy atom. The van der Waals surface area contributed by atoms with Gasteiger partial charge in [-0.3, -0.25) is 4.90 Å². The van der Waals surface area contributed by atoms with Crippen LogP contribution in [0.1, 0.15) is 32.6 Å². The lowest BCUT2D eigenvalue weighted by molar-refractivity contribution is 0.214.